The topological polar surface area (TPSA) is 85.6 Å². The number of amides is 1. The largest absolute Gasteiger partial charge is 0.319 e. The van der Waals surface area contributed by atoms with Crippen molar-refractivity contribution in [1.29, 1.82) is 0 Å². The van der Waals surface area contributed by atoms with Crippen LogP contribution in [0, 0.1) is 13.8 Å². The van der Waals surface area contributed by atoms with Crippen LogP contribution in [-0.2, 0) is 6.54 Å². The quantitative estimate of drug-likeness (QED) is 0.783. The zero-order valence-corrected chi connectivity index (χ0v) is 14.0. The van der Waals surface area contributed by atoms with E-state index in [9.17, 15) is 4.79 Å². The summed E-state index contributed by atoms with van der Waals surface area (Å²) in [5, 5.41) is 11.2. The first-order valence-corrected chi connectivity index (χ1v) is 7.91. The summed E-state index contributed by atoms with van der Waals surface area (Å²) in [6.45, 7) is 4.10. The van der Waals surface area contributed by atoms with Crippen LogP contribution in [-0.4, -0.2) is 29.6 Å². The second-order valence-electron chi connectivity index (χ2n) is 4.91. The van der Waals surface area contributed by atoms with Gasteiger partial charge in [0.1, 0.15) is 0 Å². The van der Waals surface area contributed by atoms with Gasteiger partial charge in [-0.2, -0.15) is 8.75 Å². The molecule has 0 aliphatic heterocycles. The molecule has 1 amide bonds. The fraction of sp³-hybridized carbons (Fsp3) is 0.214. The minimum Gasteiger partial charge on any atom is -0.319 e. The van der Waals surface area contributed by atoms with E-state index in [0.29, 0.717) is 22.9 Å². The number of halogens is 1. The molecule has 0 aliphatic rings. The Morgan fingerprint density at radius 1 is 1.30 bits per heavy atom. The molecule has 1 N–H and O–H groups in total. The van der Waals surface area contributed by atoms with E-state index >= 15 is 0 Å². The Kier molecular flexibility index (Phi) is 4.35. The number of hydrogen-bond acceptors (Lipinski definition) is 6. The molecule has 2 aromatic heterocycles. The van der Waals surface area contributed by atoms with Crippen LogP contribution in [0.15, 0.2) is 24.3 Å². The van der Waals surface area contributed by atoms with E-state index in [1.54, 1.807) is 35.9 Å². The Labute approximate surface area is 141 Å². The molecule has 0 aliphatic carbocycles. The number of nitrogens with one attached hydrogen (secondary N) is 1. The maximum Gasteiger partial charge on any atom is 0.278 e. The van der Waals surface area contributed by atoms with E-state index < -0.39 is 0 Å². The number of para-hydroxylation sites is 1. The van der Waals surface area contributed by atoms with Crippen LogP contribution in [0.25, 0.3) is 0 Å². The van der Waals surface area contributed by atoms with Gasteiger partial charge in [0.25, 0.3) is 5.91 Å². The number of nitrogens with zero attached hydrogens (tertiary/aromatic N) is 5. The Morgan fingerprint density at radius 3 is 2.78 bits per heavy atom. The Bertz CT molecular complexity index is 859. The monoisotopic (exact) mass is 348 g/mol. The van der Waals surface area contributed by atoms with Gasteiger partial charge in [0, 0.05) is 0 Å². The van der Waals surface area contributed by atoms with Gasteiger partial charge < -0.3 is 5.32 Å². The van der Waals surface area contributed by atoms with Crippen molar-refractivity contribution >= 4 is 34.9 Å². The third-order valence-electron chi connectivity index (χ3n) is 3.37. The third kappa shape index (κ3) is 3.22. The molecular formula is C14H13ClN6OS. The minimum absolute atomic E-state index is 0.255. The molecule has 3 aromatic rings. The van der Waals surface area contributed by atoms with Gasteiger partial charge in [-0.3, -0.25) is 4.79 Å². The highest BCUT2D eigenvalue weighted by Crippen LogP contribution is 2.21. The van der Waals surface area contributed by atoms with Crippen molar-refractivity contribution in [3.05, 3.63) is 52.1 Å². The molecule has 0 unspecified atom stereocenters. The number of aryl methyl sites for hydroxylation is 1. The predicted molar refractivity (Wildman–Crippen MR) is 87.9 cm³/mol. The maximum atomic E-state index is 12.4. The van der Waals surface area contributed by atoms with Crippen LogP contribution in [0.2, 0.25) is 5.02 Å². The molecule has 2 heterocycles. The van der Waals surface area contributed by atoms with Crippen molar-refractivity contribution in [2.75, 3.05) is 5.32 Å². The summed E-state index contributed by atoms with van der Waals surface area (Å²) in [5.74, 6) is -0.352. The molecule has 1 aromatic carbocycles. The number of aromatic nitrogens is 5. The molecule has 0 spiro atoms. The fourth-order valence-electron chi connectivity index (χ4n) is 2.00. The standard InChI is InChI=1S/C14H13ClN6OS/c1-8-12(19-23-18-8)7-21-9(2)13(17-20-21)14(22)16-11-6-4-3-5-10(11)15/h3-6H,7H2,1-2H3,(H,16,22). The van der Waals surface area contributed by atoms with Crippen LogP contribution in [0.3, 0.4) is 0 Å². The fourth-order valence-corrected chi connectivity index (χ4v) is 2.74. The molecule has 0 saturated heterocycles. The number of carbonyl (C=O) groups excluding carboxylic acids is 1. The van der Waals surface area contributed by atoms with Crippen LogP contribution < -0.4 is 5.32 Å². The first kappa shape index (κ1) is 15.6. The lowest BCUT2D eigenvalue weighted by atomic mass is 10.2. The molecule has 0 saturated carbocycles. The van der Waals surface area contributed by atoms with Gasteiger partial charge in [-0.15, -0.1) is 5.10 Å². The lowest BCUT2D eigenvalue weighted by Gasteiger charge is -2.06. The van der Waals surface area contributed by atoms with Gasteiger partial charge in [0.15, 0.2) is 5.69 Å². The highest BCUT2D eigenvalue weighted by Gasteiger charge is 2.18. The molecule has 7 nitrogen and oxygen atoms in total. The summed E-state index contributed by atoms with van der Waals surface area (Å²) in [5.41, 5.74) is 3.12. The number of anilines is 1. The molecule has 0 radical (unpaired) electrons. The lowest BCUT2D eigenvalue weighted by molar-refractivity contribution is 0.102. The molecule has 3 rings (SSSR count). The predicted octanol–water partition coefficient (Wildman–Crippen LogP) is 2.70. The smallest absolute Gasteiger partial charge is 0.278 e. The van der Waals surface area contributed by atoms with Gasteiger partial charge in [-0.25, -0.2) is 4.68 Å². The van der Waals surface area contributed by atoms with Crippen LogP contribution in [0.5, 0.6) is 0 Å². The normalized spacial score (nSPS) is 10.7. The molecule has 0 bridgehead atoms. The van der Waals surface area contributed by atoms with E-state index in [4.69, 9.17) is 11.6 Å². The lowest BCUT2D eigenvalue weighted by Crippen LogP contribution is -2.14. The van der Waals surface area contributed by atoms with Crippen molar-refractivity contribution in [3.63, 3.8) is 0 Å². The van der Waals surface area contributed by atoms with Crippen LogP contribution in [0.4, 0.5) is 5.69 Å². The maximum absolute atomic E-state index is 12.4. The van der Waals surface area contributed by atoms with Crippen molar-refractivity contribution in [1.82, 2.24) is 23.7 Å². The Balaban J connectivity index is 1.80. The zero-order chi connectivity index (χ0) is 16.4. The molecular weight excluding hydrogens is 336 g/mol. The number of benzene rings is 1. The minimum atomic E-state index is -0.352. The van der Waals surface area contributed by atoms with E-state index in [1.807, 2.05) is 6.92 Å². The van der Waals surface area contributed by atoms with E-state index in [-0.39, 0.29) is 11.6 Å². The van der Waals surface area contributed by atoms with Crippen molar-refractivity contribution in [2.24, 2.45) is 0 Å². The molecule has 0 atom stereocenters. The van der Waals surface area contributed by atoms with Gasteiger partial charge in [0.2, 0.25) is 0 Å². The van der Waals surface area contributed by atoms with E-state index in [2.05, 4.69) is 24.4 Å². The number of hydrogen-bond donors (Lipinski definition) is 1. The second kappa shape index (κ2) is 6.43. The van der Waals surface area contributed by atoms with E-state index in [1.165, 1.54) is 0 Å². The van der Waals surface area contributed by atoms with Crippen molar-refractivity contribution in [3.8, 4) is 0 Å². The average molecular weight is 349 g/mol. The summed E-state index contributed by atoms with van der Waals surface area (Å²) in [4.78, 5) is 12.4. The number of rotatable bonds is 4. The Morgan fingerprint density at radius 2 is 2.09 bits per heavy atom. The molecule has 9 heteroatoms. The first-order chi connectivity index (χ1) is 11.1. The third-order valence-corrected chi connectivity index (χ3v) is 4.35. The molecule has 118 valence electrons. The summed E-state index contributed by atoms with van der Waals surface area (Å²) >= 11 is 7.20. The summed E-state index contributed by atoms with van der Waals surface area (Å²) in [7, 11) is 0. The first-order valence-electron chi connectivity index (χ1n) is 6.80. The Hall–Kier alpha value is -2.32. The summed E-state index contributed by atoms with van der Waals surface area (Å²) in [6, 6.07) is 7.02. The van der Waals surface area contributed by atoms with Gasteiger partial charge >= 0.3 is 0 Å². The molecule has 0 fully saturated rings. The summed E-state index contributed by atoms with van der Waals surface area (Å²) in [6.07, 6.45) is 0. The van der Waals surface area contributed by atoms with Gasteiger partial charge in [-0.1, -0.05) is 28.9 Å². The van der Waals surface area contributed by atoms with Crippen LogP contribution >= 0.6 is 23.3 Å². The van der Waals surface area contributed by atoms with Gasteiger partial charge in [0.05, 0.1) is 46.1 Å². The van der Waals surface area contributed by atoms with Crippen molar-refractivity contribution in [2.45, 2.75) is 20.4 Å². The molecule has 23 heavy (non-hydrogen) atoms. The average Bonchev–Trinajstić information content (AvgIpc) is 3.09. The zero-order valence-electron chi connectivity index (χ0n) is 12.4. The number of carbonyl (C=O) groups is 1. The van der Waals surface area contributed by atoms with Crippen LogP contribution in [0.1, 0.15) is 27.6 Å². The SMILES string of the molecule is Cc1nsnc1Cn1nnc(C(=O)Nc2ccccc2Cl)c1C. The highest BCUT2D eigenvalue weighted by atomic mass is 35.5. The summed E-state index contributed by atoms with van der Waals surface area (Å²) < 4.78 is 9.96. The second-order valence-corrected chi connectivity index (χ2v) is 5.85. The highest BCUT2D eigenvalue weighted by molar-refractivity contribution is 6.99. The van der Waals surface area contributed by atoms with Crippen molar-refractivity contribution < 1.29 is 4.79 Å². The van der Waals surface area contributed by atoms with Gasteiger partial charge in [-0.05, 0) is 26.0 Å². The van der Waals surface area contributed by atoms with E-state index in [0.717, 1.165) is 23.1 Å².